The maximum Gasteiger partial charge on any atom is 0.224 e. The molecule has 2 N–H and O–H groups in total. The van der Waals surface area contributed by atoms with Gasteiger partial charge in [0.1, 0.15) is 0 Å². The molecule has 0 fully saturated rings. The summed E-state index contributed by atoms with van der Waals surface area (Å²) in [5.41, 5.74) is 4.26. The Labute approximate surface area is 125 Å². The summed E-state index contributed by atoms with van der Waals surface area (Å²) in [5.74, 6) is 0.0198. The SMILES string of the molecule is Cc1cccc(CCC(=O)Nc2ccc(CCO)cc2)c1. The van der Waals surface area contributed by atoms with Crippen LogP contribution in [0.1, 0.15) is 23.1 Å². The number of anilines is 1. The Kier molecular flexibility index (Phi) is 5.52. The molecule has 0 saturated carbocycles. The summed E-state index contributed by atoms with van der Waals surface area (Å²) in [5, 5.41) is 11.8. The minimum atomic E-state index is 0.0198. The van der Waals surface area contributed by atoms with Gasteiger partial charge in [-0.2, -0.15) is 0 Å². The van der Waals surface area contributed by atoms with E-state index in [1.165, 1.54) is 11.1 Å². The Hall–Kier alpha value is -2.13. The van der Waals surface area contributed by atoms with Crippen molar-refractivity contribution in [1.29, 1.82) is 0 Å². The molecule has 21 heavy (non-hydrogen) atoms. The van der Waals surface area contributed by atoms with Crippen molar-refractivity contribution in [1.82, 2.24) is 0 Å². The van der Waals surface area contributed by atoms with Crippen molar-refractivity contribution in [3.63, 3.8) is 0 Å². The van der Waals surface area contributed by atoms with Crippen LogP contribution in [-0.4, -0.2) is 17.6 Å². The Balaban J connectivity index is 1.84. The number of nitrogens with one attached hydrogen (secondary N) is 1. The normalized spacial score (nSPS) is 10.4. The number of benzene rings is 2. The first-order valence-electron chi connectivity index (χ1n) is 7.22. The molecule has 0 aromatic heterocycles. The van der Waals surface area contributed by atoms with Crippen molar-refractivity contribution >= 4 is 11.6 Å². The van der Waals surface area contributed by atoms with Crippen molar-refractivity contribution in [2.75, 3.05) is 11.9 Å². The summed E-state index contributed by atoms with van der Waals surface area (Å²) in [6.07, 6.45) is 1.86. The van der Waals surface area contributed by atoms with Crippen LogP contribution in [0.2, 0.25) is 0 Å². The van der Waals surface area contributed by atoms with Crippen molar-refractivity contribution in [2.24, 2.45) is 0 Å². The molecule has 0 radical (unpaired) electrons. The van der Waals surface area contributed by atoms with E-state index in [-0.39, 0.29) is 12.5 Å². The van der Waals surface area contributed by atoms with Crippen LogP contribution >= 0.6 is 0 Å². The lowest BCUT2D eigenvalue weighted by Gasteiger charge is -2.07. The van der Waals surface area contributed by atoms with Crippen molar-refractivity contribution in [3.05, 3.63) is 65.2 Å². The summed E-state index contributed by atoms with van der Waals surface area (Å²) in [7, 11) is 0. The molecule has 0 aliphatic carbocycles. The minimum absolute atomic E-state index is 0.0198. The number of amides is 1. The van der Waals surface area contributed by atoms with E-state index in [9.17, 15) is 4.79 Å². The van der Waals surface area contributed by atoms with E-state index in [4.69, 9.17) is 5.11 Å². The predicted octanol–water partition coefficient (Wildman–Crippen LogP) is 3.10. The van der Waals surface area contributed by atoms with Gasteiger partial charge in [0, 0.05) is 18.7 Å². The molecule has 3 nitrogen and oxygen atoms in total. The first-order valence-corrected chi connectivity index (χ1v) is 7.22. The third kappa shape index (κ3) is 5.04. The van der Waals surface area contributed by atoms with E-state index in [0.29, 0.717) is 12.8 Å². The van der Waals surface area contributed by atoms with Crippen LogP contribution in [0.4, 0.5) is 5.69 Å². The van der Waals surface area contributed by atoms with Gasteiger partial charge in [-0.15, -0.1) is 0 Å². The molecule has 0 heterocycles. The zero-order valence-electron chi connectivity index (χ0n) is 12.3. The lowest BCUT2D eigenvalue weighted by atomic mass is 10.1. The highest BCUT2D eigenvalue weighted by atomic mass is 16.2. The number of aryl methyl sites for hydroxylation is 2. The van der Waals surface area contributed by atoms with Crippen molar-refractivity contribution in [2.45, 2.75) is 26.2 Å². The zero-order valence-corrected chi connectivity index (χ0v) is 12.3. The average molecular weight is 283 g/mol. The zero-order chi connectivity index (χ0) is 15.1. The van der Waals surface area contributed by atoms with E-state index in [2.05, 4.69) is 24.4 Å². The summed E-state index contributed by atoms with van der Waals surface area (Å²) in [4.78, 5) is 11.9. The first-order chi connectivity index (χ1) is 10.2. The van der Waals surface area contributed by atoms with Gasteiger partial charge in [-0.05, 0) is 43.0 Å². The summed E-state index contributed by atoms with van der Waals surface area (Å²) >= 11 is 0. The van der Waals surface area contributed by atoms with Gasteiger partial charge in [-0.25, -0.2) is 0 Å². The fourth-order valence-electron chi connectivity index (χ4n) is 2.23. The number of hydrogen-bond acceptors (Lipinski definition) is 2. The standard InChI is InChI=1S/C18H21NO2/c1-14-3-2-4-16(13-14)7-10-18(21)19-17-8-5-15(6-9-17)11-12-20/h2-6,8-9,13,20H,7,10-12H2,1H3,(H,19,21). The fraction of sp³-hybridized carbons (Fsp3) is 0.278. The van der Waals surface area contributed by atoms with Crippen molar-refractivity contribution in [3.8, 4) is 0 Å². The molecule has 3 heteroatoms. The molecule has 0 atom stereocenters. The highest BCUT2D eigenvalue weighted by molar-refractivity contribution is 5.90. The van der Waals surface area contributed by atoms with Crippen LogP contribution < -0.4 is 5.32 Å². The molecular formula is C18H21NO2. The fourth-order valence-corrected chi connectivity index (χ4v) is 2.23. The van der Waals surface area contributed by atoms with Crippen molar-refractivity contribution < 1.29 is 9.90 Å². The van der Waals surface area contributed by atoms with E-state index < -0.39 is 0 Å². The molecule has 2 aromatic carbocycles. The number of carbonyl (C=O) groups excluding carboxylic acids is 1. The molecule has 110 valence electrons. The molecule has 0 unspecified atom stereocenters. The first kappa shape index (κ1) is 15.3. The number of carbonyl (C=O) groups is 1. The van der Waals surface area contributed by atoms with Crippen LogP contribution in [0.25, 0.3) is 0 Å². The third-order valence-electron chi connectivity index (χ3n) is 3.36. The molecule has 2 aromatic rings. The molecular weight excluding hydrogens is 262 g/mol. The van der Waals surface area contributed by atoms with Crippen LogP contribution in [0, 0.1) is 6.92 Å². The van der Waals surface area contributed by atoms with Crippen LogP contribution in [0.3, 0.4) is 0 Å². The lowest BCUT2D eigenvalue weighted by Crippen LogP contribution is -2.12. The van der Waals surface area contributed by atoms with E-state index in [1.807, 2.05) is 36.4 Å². The minimum Gasteiger partial charge on any atom is -0.396 e. The maximum absolute atomic E-state index is 11.9. The van der Waals surface area contributed by atoms with Gasteiger partial charge in [0.05, 0.1) is 0 Å². The largest absolute Gasteiger partial charge is 0.396 e. The highest BCUT2D eigenvalue weighted by Gasteiger charge is 2.03. The second-order valence-corrected chi connectivity index (χ2v) is 5.21. The molecule has 1 amide bonds. The number of rotatable bonds is 6. The topological polar surface area (TPSA) is 49.3 Å². The number of hydrogen-bond donors (Lipinski definition) is 2. The summed E-state index contributed by atoms with van der Waals surface area (Å²) in [6.45, 7) is 2.19. The predicted molar refractivity (Wildman–Crippen MR) is 85.4 cm³/mol. The van der Waals surface area contributed by atoms with Gasteiger partial charge in [-0.3, -0.25) is 4.79 Å². The Morgan fingerprint density at radius 2 is 1.81 bits per heavy atom. The Morgan fingerprint density at radius 1 is 1.05 bits per heavy atom. The monoisotopic (exact) mass is 283 g/mol. The van der Waals surface area contributed by atoms with Gasteiger partial charge in [0.25, 0.3) is 0 Å². The smallest absolute Gasteiger partial charge is 0.224 e. The number of aliphatic hydroxyl groups excluding tert-OH is 1. The molecule has 0 aliphatic heterocycles. The second-order valence-electron chi connectivity index (χ2n) is 5.21. The van der Waals surface area contributed by atoms with Crippen LogP contribution in [-0.2, 0) is 17.6 Å². The Bertz CT molecular complexity index is 590. The molecule has 0 aliphatic rings. The van der Waals surface area contributed by atoms with Gasteiger partial charge in [0.2, 0.25) is 5.91 Å². The summed E-state index contributed by atoms with van der Waals surface area (Å²) in [6, 6.07) is 15.8. The second kappa shape index (κ2) is 7.60. The van der Waals surface area contributed by atoms with Crippen LogP contribution in [0.15, 0.2) is 48.5 Å². The van der Waals surface area contributed by atoms with E-state index >= 15 is 0 Å². The molecule has 0 saturated heterocycles. The van der Waals surface area contributed by atoms with E-state index in [1.54, 1.807) is 0 Å². The molecule has 0 spiro atoms. The maximum atomic E-state index is 11.9. The van der Waals surface area contributed by atoms with Gasteiger partial charge in [0.15, 0.2) is 0 Å². The lowest BCUT2D eigenvalue weighted by molar-refractivity contribution is -0.116. The molecule has 0 bridgehead atoms. The van der Waals surface area contributed by atoms with Gasteiger partial charge >= 0.3 is 0 Å². The third-order valence-corrected chi connectivity index (χ3v) is 3.36. The Morgan fingerprint density at radius 3 is 2.48 bits per heavy atom. The van der Waals surface area contributed by atoms with Gasteiger partial charge in [-0.1, -0.05) is 42.0 Å². The van der Waals surface area contributed by atoms with Gasteiger partial charge < -0.3 is 10.4 Å². The number of aliphatic hydroxyl groups is 1. The average Bonchev–Trinajstić information content (AvgIpc) is 2.48. The van der Waals surface area contributed by atoms with E-state index in [0.717, 1.165) is 17.7 Å². The summed E-state index contributed by atoms with van der Waals surface area (Å²) < 4.78 is 0. The quantitative estimate of drug-likeness (QED) is 0.856. The highest BCUT2D eigenvalue weighted by Crippen LogP contribution is 2.12. The molecule has 2 rings (SSSR count). The van der Waals surface area contributed by atoms with Crippen LogP contribution in [0.5, 0.6) is 0 Å².